The minimum atomic E-state index is 0.0772. The van der Waals surface area contributed by atoms with Crippen LogP contribution in [0, 0.1) is 0 Å². The van der Waals surface area contributed by atoms with E-state index in [1.54, 1.807) is 0 Å². The number of hydrogen-bond acceptors (Lipinski definition) is 5. The maximum Gasteiger partial charge on any atom is 0.0573 e. The van der Waals surface area contributed by atoms with Crippen LogP contribution in [-0.2, 0) is 0 Å². The van der Waals surface area contributed by atoms with Crippen molar-refractivity contribution in [3.63, 3.8) is 0 Å². The lowest BCUT2D eigenvalue weighted by molar-refractivity contribution is 0.0796. The van der Waals surface area contributed by atoms with Crippen LogP contribution < -0.4 is 5.73 Å². The largest absolute Gasteiger partial charge is 0.396 e. The van der Waals surface area contributed by atoms with Gasteiger partial charge in [-0.3, -0.25) is 9.80 Å². The van der Waals surface area contributed by atoms with Gasteiger partial charge in [-0.15, -0.1) is 0 Å². The van der Waals surface area contributed by atoms with Crippen molar-refractivity contribution in [3.8, 4) is 0 Å². The Hall–Kier alpha value is -0.200. The minimum absolute atomic E-state index is 0.0772. The molecular formula is C10H23N3O2. The number of aliphatic hydroxyl groups is 2. The molecule has 1 aliphatic rings. The molecule has 1 heterocycles. The van der Waals surface area contributed by atoms with Crippen molar-refractivity contribution in [2.24, 2.45) is 5.73 Å². The van der Waals surface area contributed by atoms with Crippen molar-refractivity contribution >= 4 is 0 Å². The molecule has 0 bridgehead atoms. The summed E-state index contributed by atoms with van der Waals surface area (Å²) in [6, 6.07) is 0. The van der Waals surface area contributed by atoms with Gasteiger partial charge in [-0.1, -0.05) is 0 Å². The van der Waals surface area contributed by atoms with Gasteiger partial charge in [0, 0.05) is 39.3 Å². The average molecular weight is 217 g/mol. The highest BCUT2D eigenvalue weighted by Gasteiger charge is 2.20. The molecule has 5 nitrogen and oxygen atoms in total. The highest BCUT2D eigenvalue weighted by atomic mass is 16.3. The molecule has 1 unspecified atom stereocenters. The molecule has 0 saturated carbocycles. The molecule has 0 amide bonds. The van der Waals surface area contributed by atoms with Gasteiger partial charge >= 0.3 is 0 Å². The first-order valence-electron chi connectivity index (χ1n) is 5.71. The Balaban J connectivity index is 2.18. The Labute approximate surface area is 91.5 Å². The van der Waals surface area contributed by atoms with Crippen LogP contribution in [0.2, 0.25) is 0 Å². The molecule has 0 spiro atoms. The second-order valence-corrected chi connectivity index (χ2v) is 4.03. The molecule has 0 radical (unpaired) electrons. The summed E-state index contributed by atoms with van der Waals surface area (Å²) in [6.07, 6.45) is 1.71. The van der Waals surface area contributed by atoms with Crippen molar-refractivity contribution < 1.29 is 10.2 Å². The lowest BCUT2D eigenvalue weighted by Crippen LogP contribution is -2.53. The van der Waals surface area contributed by atoms with E-state index in [-0.39, 0.29) is 19.4 Å². The van der Waals surface area contributed by atoms with Gasteiger partial charge in [-0.05, 0) is 12.8 Å². The summed E-state index contributed by atoms with van der Waals surface area (Å²) >= 11 is 0. The molecule has 15 heavy (non-hydrogen) atoms. The zero-order chi connectivity index (χ0) is 11.1. The molecule has 0 aliphatic carbocycles. The van der Waals surface area contributed by atoms with Crippen LogP contribution in [0.25, 0.3) is 0 Å². The lowest BCUT2D eigenvalue weighted by atomic mass is 10.2. The first-order chi connectivity index (χ1) is 7.27. The van der Waals surface area contributed by atoms with E-state index in [0.29, 0.717) is 0 Å². The molecule has 1 rings (SSSR count). The zero-order valence-corrected chi connectivity index (χ0v) is 9.31. The molecule has 90 valence electrons. The fourth-order valence-corrected chi connectivity index (χ4v) is 1.94. The average Bonchev–Trinajstić information content (AvgIpc) is 2.27. The van der Waals surface area contributed by atoms with E-state index in [1.165, 1.54) is 0 Å². The van der Waals surface area contributed by atoms with Crippen LogP contribution in [-0.4, -0.2) is 72.1 Å². The van der Waals surface area contributed by atoms with E-state index in [1.807, 2.05) is 0 Å². The van der Waals surface area contributed by atoms with E-state index < -0.39 is 0 Å². The SMILES string of the molecule is NC(CCCO)N1CCN(CCO)CC1. The van der Waals surface area contributed by atoms with Crippen LogP contribution in [0.5, 0.6) is 0 Å². The third-order valence-electron chi connectivity index (χ3n) is 2.95. The molecular weight excluding hydrogens is 194 g/mol. The number of aliphatic hydroxyl groups excluding tert-OH is 2. The first kappa shape index (κ1) is 12.9. The van der Waals surface area contributed by atoms with Gasteiger partial charge in [-0.2, -0.15) is 0 Å². The smallest absolute Gasteiger partial charge is 0.0573 e. The third kappa shape index (κ3) is 4.44. The van der Waals surface area contributed by atoms with Gasteiger partial charge in [0.15, 0.2) is 0 Å². The predicted molar refractivity (Wildman–Crippen MR) is 59.4 cm³/mol. The van der Waals surface area contributed by atoms with E-state index in [2.05, 4.69) is 9.80 Å². The van der Waals surface area contributed by atoms with E-state index >= 15 is 0 Å². The fraction of sp³-hybridized carbons (Fsp3) is 1.00. The van der Waals surface area contributed by atoms with Gasteiger partial charge in [-0.25, -0.2) is 0 Å². The van der Waals surface area contributed by atoms with Crippen LogP contribution in [0.4, 0.5) is 0 Å². The van der Waals surface area contributed by atoms with Crippen LogP contribution in [0.3, 0.4) is 0 Å². The molecule has 5 heteroatoms. The summed E-state index contributed by atoms with van der Waals surface area (Å²) in [7, 11) is 0. The van der Waals surface area contributed by atoms with Gasteiger partial charge in [0.1, 0.15) is 0 Å². The Bertz CT molecular complexity index is 161. The molecule has 1 atom stereocenters. The summed E-state index contributed by atoms with van der Waals surface area (Å²) in [5.41, 5.74) is 6.00. The molecule has 1 aliphatic heterocycles. The molecule has 0 aromatic carbocycles. The molecule has 0 aromatic heterocycles. The monoisotopic (exact) mass is 217 g/mol. The molecule has 1 fully saturated rings. The lowest BCUT2D eigenvalue weighted by Gasteiger charge is -2.37. The zero-order valence-electron chi connectivity index (χ0n) is 9.31. The van der Waals surface area contributed by atoms with Gasteiger partial charge in [0.2, 0.25) is 0 Å². The number of nitrogens with two attached hydrogens (primary N) is 1. The van der Waals surface area contributed by atoms with Gasteiger partial charge < -0.3 is 15.9 Å². The molecule has 4 N–H and O–H groups in total. The number of rotatable bonds is 6. The number of piperazine rings is 1. The Kier molecular flexibility index (Phi) is 6.12. The summed E-state index contributed by atoms with van der Waals surface area (Å²) in [6.45, 7) is 5.11. The maximum absolute atomic E-state index is 8.80. The quantitative estimate of drug-likeness (QED) is 0.513. The maximum atomic E-state index is 8.80. The topological polar surface area (TPSA) is 73.0 Å². The van der Waals surface area contributed by atoms with Crippen molar-refractivity contribution in [3.05, 3.63) is 0 Å². The second kappa shape index (κ2) is 7.14. The molecule has 1 saturated heterocycles. The van der Waals surface area contributed by atoms with Crippen molar-refractivity contribution in [2.45, 2.75) is 19.0 Å². The third-order valence-corrected chi connectivity index (χ3v) is 2.95. The summed E-state index contributed by atoms with van der Waals surface area (Å²) in [5.74, 6) is 0. The van der Waals surface area contributed by atoms with Crippen molar-refractivity contribution in [1.29, 1.82) is 0 Å². The van der Waals surface area contributed by atoms with E-state index in [9.17, 15) is 0 Å². The standard InChI is InChI=1S/C10H23N3O2/c11-10(2-1-8-14)13-5-3-12(4-6-13)7-9-15/h10,14-15H,1-9,11H2. The second-order valence-electron chi connectivity index (χ2n) is 4.03. The van der Waals surface area contributed by atoms with Crippen molar-refractivity contribution in [1.82, 2.24) is 9.80 Å². The van der Waals surface area contributed by atoms with Gasteiger partial charge in [0.25, 0.3) is 0 Å². The Morgan fingerprint density at radius 3 is 2.27 bits per heavy atom. The molecule has 0 aromatic rings. The van der Waals surface area contributed by atoms with Crippen LogP contribution >= 0.6 is 0 Å². The van der Waals surface area contributed by atoms with Crippen LogP contribution in [0.15, 0.2) is 0 Å². The Morgan fingerprint density at radius 1 is 1.07 bits per heavy atom. The van der Waals surface area contributed by atoms with Crippen LogP contribution in [0.1, 0.15) is 12.8 Å². The van der Waals surface area contributed by atoms with E-state index in [4.69, 9.17) is 15.9 Å². The highest BCUT2D eigenvalue weighted by Crippen LogP contribution is 2.06. The minimum Gasteiger partial charge on any atom is -0.396 e. The first-order valence-corrected chi connectivity index (χ1v) is 5.71. The Morgan fingerprint density at radius 2 is 1.73 bits per heavy atom. The number of hydrogen-bond donors (Lipinski definition) is 3. The summed E-state index contributed by atoms with van der Waals surface area (Å²) < 4.78 is 0. The predicted octanol–water partition coefficient (Wildman–Crippen LogP) is -1.35. The fourth-order valence-electron chi connectivity index (χ4n) is 1.94. The highest BCUT2D eigenvalue weighted by molar-refractivity contribution is 4.75. The van der Waals surface area contributed by atoms with E-state index in [0.717, 1.165) is 45.6 Å². The number of β-amino-alcohol motifs (C(OH)–C–C–N with tert-alkyl or cyclic N) is 1. The van der Waals surface area contributed by atoms with Gasteiger partial charge in [0.05, 0.1) is 12.8 Å². The normalized spacial score (nSPS) is 21.8. The summed E-state index contributed by atoms with van der Waals surface area (Å²) in [5, 5.41) is 17.5. The van der Waals surface area contributed by atoms with Crippen molar-refractivity contribution in [2.75, 3.05) is 45.9 Å². The summed E-state index contributed by atoms with van der Waals surface area (Å²) in [4.78, 5) is 4.50. The number of nitrogens with zero attached hydrogens (tertiary/aromatic N) is 2.